The Hall–Kier alpha value is -1.77. The van der Waals surface area contributed by atoms with Crippen molar-refractivity contribution in [2.45, 2.75) is 6.54 Å². The van der Waals surface area contributed by atoms with Crippen molar-refractivity contribution >= 4 is 32.9 Å². The number of nitrogens with zero attached hydrogens (tertiary/aromatic N) is 4. The van der Waals surface area contributed by atoms with Gasteiger partial charge in [-0.1, -0.05) is 0 Å². The lowest BCUT2D eigenvalue weighted by Gasteiger charge is -2.05. The number of fused-ring (bicyclic) bond motifs is 1. The number of Topliss-reactive ketones (excluding diaryl/α,β-unsaturated/α-hetero) is 1. The molecule has 2 aromatic rings. The second-order valence-corrected chi connectivity index (χ2v) is 4.73. The van der Waals surface area contributed by atoms with Crippen molar-refractivity contribution in [3.8, 4) is 0 Å². The van der Waals surface area contributed by atoms with Gasteiger partial charge in [-0.25, -0.2) is 14.2 Å². The Labute approximate surface area is 114 Å². The SMILES string of the molecule is Cn1c(=O)c2c(nc(Br)n2CC(=O)CF)n(C)c1=O. The summed E-state index contributed by atoms with van der Waals surface area (Å²) in [6.07, 6.45) is 0. The molecule has 0 spiro atoms. The van der Waals surface area contributed by atoms with Crippen LogP contribution in [0.3, 0.4) is 0 Å². The normalized spacial score (nSPS) is 11.2. The van der Waals surface area contributed by atoms with Crippen LogP contribution in [0.5, 0.6) is 0 Å². The number of hydrogen-bond acceptors (Lipinski definition) is 4. The van der Waals surface area contributed by atoms with Crippen molar-refractivity contribution < 1.29 is 9.18 Å². The highest BCUT2D eigenvalue weighted by atomic mass is 79.9. The molecule has 102 valence electrons. The maximum atomic E-state index is 12.3. The second-order valence-electron chi connectivity index (χ2n) is 4.02. The predicted molar refractivity (Wildman–Crippen MR) is 68.9 cm³/mol. The van der Waals surface area contributed by atoms with Gasteiger partial charge < -0.3 is 4.57 Å². The molecule has 0 unspecified atom stereocenters. The van der Waals surface area contributed by atoms with E-state index >= 15 is 0 Å². The molecule has 7 nitrogen and oxygen atoms in total. The first kappa shape index (κ1) is 13.7. The minimum atomic E-state index is -1.13. The average molecular weight is 333 g/mol. The van der Waals surface area contributed by atoms with Gasteiger partial charge in [0.1, 0.15) is 6.67 Å². The summed E-state index contributed by atoms with van der Waals surface area (Å²) < 4.78 is 15.8. The Morgan fingerprint density at radius 3 is 2.53 bits per heavy atom. The Morgan fingerprint density at radius 1 is 1.32 bits per heavy atom. The number of imidazole rings is 1. The largest absolute Gasteiger partial charge is 0.332 e. The summed E-state index contributed by atoms with van der Waals surface area (Å²) in [6, 6.07) is 0. The van der Waals surface area contributed by atoms with Crippen LogP contribution in [0.15, 0.2) is 14.3 Å². The summed E-state index contributed by atoms with van der Waals surface area (Å²) in [6.45, 7) is -1.45. The van der Waals surface area contributed by atoms with Crippen LogP contribution in [0.1, 0.15) is 0 Å². The van der Waals surface area contributed by atoms with Gasteiger partial charge in [-0.05, 0) is 15.9 Å². The molecule has 9 heteroatoms. The summed E-state index contributed by atoms with van der Waals surface area (Å²) in [7, 11) is 2.79. The lowest BCUT2D eigenvalue weighted by Crippen LogP contribution is -2.37. The zero-order valence-corrected chi connectivity index (χ0v) is 11.8. The molecule has 0 fully saturated rings. The number of alkyl halides is 1. The average Bonchev–Trinajstić information content (AvgIpc) is 2.71. The molecule has 0 amide bonds. The first-order valence-corrected chi connectivity index (χ1v) is 6.07. The third kappa shape index (κ3) is 2.03. The number of aromatic nitrogens is 4. The van der Waals surface area contributed by atoms with E-state index in [1.54, 1.807) is 0 Å². The molecule has 0 aliphatic carbocycles. The van der Waals surface area contributed by atoms with E-state index in [2.05, 4.69) is 20.9 Å². The Morgan fingerprint density at radius 2 is 1.95 bits per heavy atom. The fraction of sp³-hybridized carbons (Fsp3) is 0.400. The van der Waals surface area contributed by atoms with Gasteiger partial charge in [-0.2, -0.15) is 0 Å². The summed E-state index contributed by atoms with van der Waals surface area (Å²) in [5, 5.41) is 0. The molecule has 2 heterocycles. The van der Waals surface area contributed by atoms with E-state index in [4.69, 9.17) is 0 Å². The van der Waals surface area contributed by atoms with E-state index in [0.717, 1.165) is 4.57 Å². The number of ketones is 1. The van der Waals surface area contributed by atoms with Gasteiger partial charge in [0.2, 0.25) is 0 Å². The van der Waals surface area contributed by atoms with Gasteiger partial charge in [0.05, 0.1) is 6.54 Å². The summed E-state index contributed by atoms with van der Waals surface area (Å²) >= 11 is 3.10. The van der Waals surface area contributed by atoms with E-state index in [-0.39, 0.29) is 22.4 Å². The van der Waals surface area contributed by atoms with Crippen molar-refractivity contribution in [2.75, 3.05) is 6.67 Å². The molecule has 0 N–H and O–H groups in total. The summed E-state index contributed by atoms with van der Waals surface area (Å²) in [5.41, 5.74) is -0.876. The second kappa shape index (κ2) is 4.72. The van der Waals surface area contributed by atoms with Gasteiger partial charge in [0.15, 0.2) is 21.7 Å². The Bertz CT molecular complexity index is 789. The number of hydrogen-bond donors (Lipinski definition) is 0. The van der Waals surface area contributed by atoms with E-state index in [0.29, 0.717) is 0 Å². The molecule has 0 atom stereocenters. The fourth-order valence-electron chi connectivity index (χ4n) is 1.78. The smallest absolute Gasteiger partial charge is 0.305 e. The number of rotatable bonds is 3. The van der Waals surface area contributed by atoms with Crippen LogP contribution in [-0.2, 0) is 25.4 Å². The molecule has 0 radical (unpaired) electrons. The lowest BCUT2D eigenvalue weighted by atomic mass is 10.4. The van der Waals surface area contributed by atoms with Gasteiger partial charge in [0, 0.05) is 14.1 Å². The van der Waals surface area contributed by atoms with Crippen molar-refractivity contribution in [1.29, 1.82) is 0 Å². The van der Waals surface area contributed by atoms with Gasteiger partial charge in [0.25, 0.3) is 5.56 Å². The predicted octanol–water partition coefficient (Wildman–Crippen LogP) is -0.265. The standard InChI is InChI=1S/C10H10BrFN4O3/c1-14-7-6(8(18)15(2)10(14)19)16(9(11)13-7)4-5(17)3-12/h3-4H2,1-2H3. The monoisotopic (exact) mass is 332 g/mol. The minimum absolute atomic E-state index is 0.0817. The number of carbonyl (C=O) groups is 1. The Kier molecular flexibility index (Phi) is 3.40. The van der Waals surface area contributed by atoms with Gasteiger partial charge in [-0.15, -0.1) is 0 Å². The van der Waals surface area contributed by atoms with Crippen molar-refractivity contribution in [1.82, 2.24) is 18.7 Å². The van der Waals surface area contributed by atoms with Crippen LogP contribution < -0.4 is 11.2 Å². The highest BCUT2D eigenvalue weighted by Gasteiger charge is 2.19. The maximum absolute atomic E-state index is 12.3. The molecule has 0 saturated carbocycles. The molecular weight excluding hydrogens is 323 g/mol. The molecule has 2 rings (SSSR count). The minimum Gasteiger partial charge on any atom is -0.305 e. The molecule has 0 aliphatic rings. The topological polar surface area (TPSA) is 78.9 Å². The fourth-order valence-corrected chi connectivity index (χ4v) is 2.25. The molecule has 19 heavy (non-hydrogen) atoms. The molecule has 2 aromatic heterocycles. The van der Waals surface area contributed by atoms with Crippen LogP contribution in [0.25, 0.3) is 11.2 Å². The molecule has 0 saturated heterocycles. The van der Waals surface area contributed by atoms with Crippen LogP contribution in [0, 0.1) is 0 Å². The lowest BCUT2D eigenvalue weighted by molar-refractivity contribution is -0.120. The third-order valence-corrected chi connectivity index (χ3v) is 3.39. The zero-order valence-electron chi connectivity index (χ0n) is 10.2. The van der Waals surface area contributed by atoms with E-state index in [1.165, 1.54) is 23.2 Å². The number of halogens is 2. The molecule has 0 bridgehead atoms. The van der Waals surface area contributed by atoms with Crippen molar-refractivity contribution in [3.63, 3.8) is 0 Å². The van der Waals surface area contributed by atoms with Crippen LogP contribution in [0.2, 0.25) is 0 Å². The maximum Gasteiger partial charge on any atom is 0.332 e. The third-order valence-electron chi connectivity index (χ3n) is 2.78. The summed E-state index contributed by atoms with van der Waals surface area (Å²) in [4.78, 5) is 39.0. The zero-order chi connectivity index (χ0) is 14.3. The Balaban J connectivity index is 2.87. The van der Waals surface area contributed by atoms with Crippen molar-refractivity contribution in [2.24, 2.45) is 14.1 Å². The van der Waals surface area contributed by atoms with Gasteiger partial charge in [-0.3, -0.25) is 18.7 Å². The van der Waals surface area contributed by atoms with Gasteiger partial charge >= 0.3 is 5.69 Å². The number of aryl methyl sites for hydroxylation is 1. The van der Waals surface area contributed by atoms with Crippen LogP contribution in [0.4, 0.5) is 4.39 Å². The van der Waals surface area contributed by atoms with Crippen LogP contribution >= 0.6 is 15.9 Å². The first-order chi connectivity index (χ1) is 8.88. The number of carbonyl (C=O) groups excluding carboxylic acids is 1. The highest BCUT2D eigenvalue weighted by Crippen LogP contribution is 2.16. The molecule has 0 aliphatic heterocycles. The van der Waals surface area contributed by atoms with E-state index < -0.39 is 23.7 Å². The van der Waals surface area contributed by atoms with Crippen LogP contribution in [-0.4, -0.2) is 31.1 Å². The van der Waals surface area contributed by atoms with Crippen molar-refractivity contribution in [3.05, 3.63) is 25.6 Å². The first-order valence-electron chi connectivity index (χ1n) is 5.28. The molecular formula is C10H10BrFN4O3. The highest BCUT2D eigenvalue weighted by molar-refractivity contribution is 9.10. The molecule has 0 aromatic carbocycles. The summed E-state index contributed by atoms with van der Waals surface area (Å²) in [5.74, 6) is -0.684. The van der Waals surface area contributed by atoms with E-state index in [1.807, 2.05) is 0 Å². The quantitative estimate of drug-likeness (QED) is 0.725. The van der Waals surface area contributed by atoms with E-state index in [9.17, 15) is 18.8 Å².